The van der Waals surface area contributed by atoms with Crippen LogP contribution in [0.5, 0.6) is 0 Å². The van der Waals surface area contributed by atoms with Gasteiger partial charge in [-0.1, -0.05) is 6.08 Å². The van der Waals surface area contributed by atoms with Gasteiger partial charge in [-0.25, -0.2) is 0 Å². The Labute approximate surface area is 83.3 Å². The van der Waals surface area contributed by atoms with Crippen molar-refractivity contribution in [3.05, 3.63) is 23.3 Å². The standard InChI is InChI=1S/C8H13NS.BrH/c1-4-5-9-6-10-8(3)7(9)2;/h4H,1,5-6H2,2-3H3;1H. The molecule has 0 aromatic heterocycles. The molecular formula is C8H14BrNS. The second kappa shape index (κ2) is 4.88. The van der Waals surface area contributed by atoms with E-state index < -0.39 is 0 Å². The first-order valence-electron chi connectivity index (χ1n) is 3.42. The summed E-state index contributed by atoms with van der Waals surface area (Å²) in [5.41, 5.74) is 1.41. The highest BCUT2D eigenvalue weighted by molar-refractivity contribution is 8.93. The topological polar surface area (TPSA) is 3.24 Å². The van der Waals surface area contributed by atoms with Crippen LogP contribution in [-0.4, -0.2) is 17.3 Å². The van der Waals surface area contributed by atoms with E-state index in [1.807, 2.05) is 17.8 Å². The van der Waals surface area contributed by atoms with Gasteiger partial charge in [-0.3, -0.25) is 0 Å². The average Bonchev–Trinajstić information content (AvgIpc) is 2.20. The maximum atomic E-state index is 3.71. The van der Waals surface area contributed by atoms with Crippen LogP contribution in [0.25, 0.3) is 0 Å². The Morgan fingerprint density at radius 1 is 1.64 bits per heavy atom. The molecule has 0 aromatic rings. The first-order valence-corrected chi connectivity index (χ1v) is 4.40. The van der Waals surface area contributed by atoms with Crippen LogP contribution >= 0.6 is 28.7 Å². The van der Waals surface area contributed by atoms with E-state index in [1.54, 1.807) is 0 Å². The molecule has 0 spiro atoms. The van der Waals surface area contributed by atoms with E-state index in [9.17, 15) is 0 Å². The zero-order valence-electron chi connectivity index (χ0n) is 6.96. The van der Waals surface area contributed by atoms with E-state index in [-0.39, 0.29) is 17.0 Å². The zero-order chi connectivity index (χ0) is 7.56. The van der Waals surface area contributed by atoms with Crippen molar-refractivity contribution >= 4 is 28.7 Å². The summed E-state index contributed by atoms with van der Waals surface area (Å²) in [7, 11) is 0. The van der Waals surface area contributed by atoms with Gasteiger partial charge in [-0.05, 0) is 13.8 Å². The van der Waals surface area contributed by atoms with Gasteiger partial charge >= 0.3 is 0 Å². The first-order chi connectivity index (χ1) is 4.75. The maximum absolute atomic E-state index is 3.71. The fourth-order valence-electron chi connectivity index (χ4n) is 0.944. The summed E-state index contributed by atoms with van der Waals surface area (Å²) in [4.78, 5) is 3.77. The van der Waals surface area contributed by atoms with Crippen molar-refractivity contribution in [1.29, 1.82) is 0 Å². The largest absolute Gasteiger partial charge is 0.361 e. The predicted octanol–water partition coefficient (Wildman–Crippen LogP) is 3.01. The monoisotopic (exact) mass is 235 g/mol. The minimum Gasteiger partial charge on any atom is -0.361 e. The Kier molecular flexibility index (Phi) is 4.93. The number of allylic oxidation sites excluding steroid dienone is 2. The van der Waals surface area contributed by atoms with Crippen LogP contribution in [0.3, 0.4) is 0 Å². The van der Waals surface area contributed by atoms with Crippen LogP contribution in [-0.2, 0) is 0 Å². The Morgan fingerprint density at radius 3 is 2.64 bits per heavy atom. The minimum absolute atomic E-state index is 0. The number of hydrogen-bond donors (Lipinski definition) is 0. The molecule has 1 aliphatic heterocycles. The van der Waals surface area contributed by atoms with Gasteiger partial charge in [0.2, 0.25) is 0 Å². The summed E-state index contributed by atoms with van der Waals surface area (Å²) in [6.45, 7) is 9.03. The molecule has 11 heavy (non-hydrogen) atoms. The fraction of sp³-hybridized carbons (Fsp3) is 0.500. The van der Waals surface area contributed by atoms with Gasteiger partial charge in [-0.15, -0.1) is 35.3 Å². The SMILES string of the molecule is Br.C=CCN1CSC(C)=C1C. The van der Waals surface area contributed by atoms with Crippen LogP contribution in [0.15, 0.2) is 23.3 Å². The van der Waals surface area contributed by atoms with Gasteiger partial charge in [0, 0.05) is 17.1 Å². The lowest BCUT2D eigenvalue weighted by Gasteiger charge is -2.15. The van der Waals surface area contributed by atoms with E-state index in [1.165, 1.54) is 10.6 Å². The first kappa shape index (κ1) is 11.1. The summed E-state index contributed by atoms with van der Waals surface area (Å²) in [5, 5.41) is 0. The smallest absolute Gasteiger partial charge is 0.0683 e. The van der Waals surface area contributed by atoms with Gasteiger partial charge in [0.1, 0.15) is 0 Å². The lowest BCUT2D eigenvalue weighted by molar-refractivity contribution is 0.456. The highest BCUT2D eigenvalue weighted by Crippen LogP contribution is 2.30. The average molecular weight is 236 g/mol. The van der Waals surface area contributed by atoms with E-state index in [4.69, 9.17) is 0 Å². The molecule has 1 heterocycles. The summed E-state index contributed by atoms with van der Waals surface area (Å²) >= 11 is 1.91. The molecule has 0 N–H and O–H groups in total. The van der Waals surface area contributed by atoms with Crippen molar-refractivity contribution in [2.75, 3.05) is 12.4 Å². The highest BCUT2D eigenvalue weighted by Gasteiger charge is 2.13. The van der Waals surface area contributed by atoms with Crippen molar-refractivity contribution in [3.8, 4) is 0 Å². The van der Waals surface area contributed by atoms with Gasteiger partial charge in [0.05, 0.1) is 5.88 Å². The van der Waals surface area contributed by atoms with Crippen LogP contribution in [0.4, 0.5) is 0 Å². The molecule has 0 aromatic carbocycles. The summed E-state index contributed by atoms with van der Waals surface area (Å²) in [6.07, 6.45) is 1.95. The Balaban J connectivity index is 0.000001000. The molecule has 1 aliphatic rings. The number of halogens is 1. The molecular weight excluding hydrogens is 222 g/mol. The highest BCUT2D eigenvalue weighted by atomic mass is 79.9. The molecule has 1 rings (SSSR count). The van der Waals surface area contributed by atoms with Gasteiger partial charge < -0.3 is 4.90 Å². The number of nitrogens with zero attached hydrogens (tertiary/aromatic N) is 1. The van der Waals surface area contributed by atoms with Gasteiger partial charge in [-0.2, -0.15) is 0 Å². The molecule has 1 nitrogen and oxygen atoms in total. The fourth-order valence-corrected chi connectivity index (χ4v) is 1.93. The normalized spacial score (nSPS) is 16.7. The van der Waals surface area contributed by atoms with Crippen molar-refractivity contribution in [3.63, 3.8) is 0 Å². The summed E-state index contributed by atoms with van der Waals surface area (Å²) in [6, 6.07) is 0. The van der Waals surface area contributed by atoms with E-state index in [0.717, 1.165) is 12.4 Å². The molecule has 0 unspecified atom stereocenters. The van der Waals surface area contributed by atoms with Gasteiger partial charge in [0.25, 0.3) is 0 Å². The van der Waals surface area contributed by atoms with Crippen LogP contribution in [0.1, 0.15) is 13.8 Å². The maximum Gasteiger partial charge on any atom is 0.0683 e. The molecule has 0 amide bonds. The molecule has 3 heteroatoms. The minimum atomic E-state index is 0. The second-order valence-electron chi connectivity index (χ2n) is 2.43. The molecule has 0 aliphatic carbocycles. The van der Waals surface area contributed by atoms with Crippen LogP contribution in [0.2, 0.25) is 0 Å². The lowest BCUT2D eigenvalue weighted by Crippen LogP contribution is -2.16. The van der Waals surface area contributed by atoms with Crippen LogP contribution < -0.4 is 0 Å². The molecule has 0 fully saturated rings. The van der Waals surface area contributed by atoms with Crippen molar-refractivity contribution < 1.29 is 0 Å². The number of hydrogen-bond acceptors (Lipinski definition) is 2. The molecule has 0 saturated carbocycles. The van der Waals surface area contributed by atoms with Crippen molar-refractivity contribution in [2.45, 2.75) is 13.8 Å². The number of rotatable bonds is 2. The zero-order valence-corrected chi connectivity index (χ0v) is 9.49. The molecule has 0 saturated heterocycles. The Hall–Kier alpha value is 0.110. The third kappa shape index (κ3) is 2.56. The van der Waals surface area contributed by atoms with E-state index >= 15 is 0 Å². The predicted molar refractivity (Wildman–Crippen MR) is 58.1 cm³/mol. The molecule has 64 valence electrons. The van der Waals surface area contributed by atoms with Crippen LogP contribution in [0, 0.1) is 0 Å². The lowest BCUT2D eigenvalue weighted by atomic mass is 10.4. The molecule has 0 radical (unpaired) electrons. The number of thioether (sulfide) groups is 1. The third-order valence-electron chi connectivity index (χ3n) is 1.77. The van der Waals surface area contributed by atoms with E-state index in [0.29, 0.717) is 0 Å². The second-order valence-corrected chi connectivity index (χ2v) is 3.59. The van der Waals surface area contributed by atoms with E-state index in [2.05, 4.69) is 25.3 Å². The molecule has 0 atom stereocenters. The Bertz CT molecular complexity index is 177. The van der Waals surface area contributed by atoms with Gasteiger partial charge in [0.15, 0.2) is 0 Å². The quantitative estimate of drug-likeness (QED) is 0.678. The van der Waals surface area contributed by atoms with Crippen molar-refractivity contribution in [1.82, 2.24) is 4.90 Å². The molecule has 0 bridgehead atoms. The summed E-state index contributed by atoms with van der Waals surface area (Å²) < 4.78 is 0. The third-order valence-corrected chi connectivity index (χ3v) is 2.94. The Morgan fingerprint density at radius 2 is 2.27 bits per heavy atom. The van der Waals surface area contributed by atoms with Crippen molar-refractivity contribution in [2.24, 2.45) is 0 Å². The summed E-state index contributed by atoms with van der Waals surface area (Å²) in [5.74, 6) is 1.10.